The van der Waals surface area contributed by atoms with Gasteiger partial charge in [-0.05, 0) is 59.7 Å². The van der Waals surface area contributed by atoms with E-state index in [2.05, 4.69) is 33.2 Å². The highest BCUT2D eigenvalue weighted by atomic mass is 127. The Morgan fingerprint density at radius 3 is 2.57 bits per heavy atom. The normalized spacial score (nSPS) is 24.9. The van der Waals surface area contributed by atoms with E-state index in [0.717, 1.165) is 3.57 Å². The molecule has 0 saturated carbocycles. The van der Waals surface area contributed by atoms with Gasteiger partial charge < -0.3 is 10.2 Å². The maximum absolute atomic E-state index is 12.5. The van der Waals surface area contributed by atoms with E-state index < -0.39 is 11.6 Å². The minimum atomic E-state index is -0.964. The number of urea groups is 1. The summed E-state index contributed by atoms with van der Waals surface area (Å²) in [5.41, 5.74) is -0.369. The molecule has 110 valence electrons. The molecule has 0 aromatic heterocycles. The Hall–Kier alpha value is -1.64. The first-order chi connectivity index (χ1) is 10.00. The highest BCUT2D eigenvalue weighted by Gasteiger charge is 2.49. The van der Waals surface area contributed by atoms with Crippen molar-refractivity contribution in [2.24, 2.45) is 0 Å². The van der Waals surface area contributed by atoms with Crippen LogP contribution in [0.25, 0.3) is 0 Å². The summed E-state index contributed by atoms with van der Waals surface area (Å²) in [5, 5.41) is 4.93. The molecule has 0 bridgehead atoms. The monoisotopic (exact) mass is 399 g/mol. The van der Waals surface area contributed by atoms with E-state index in [9.17, 15) is 14.4 Å². The van der Waals surface area contributed by atoms with Crippen molar-refractivity contribution in [3.8, 4) is 0 Å². The van der Waals surface area contributed by atoms with Gasteiger partial charge >= 0.3 is 6.03 Å². The van der Waals surface area contributed by atoms with Gasteiger partial charge in [0.2, 0.25) is 0 Å². The van der Waals surface area contributed by atoms with Crippen LogP contribution in [0.5, 0.6) is 0 Å². The van der Waals surface area contributed by atoms with E-state index in [0.29, 0.717) is 24.9 Å². The van der Waals surface area contributed by atoms with Crippen LogP contribution in [0, 0.1) is 3.57 Å². The fraction of sp³-hybridized carbons (Fsp3) is 0.357. The molecule has 1 atom stereocenters. The fourth-order valence-corrected chi connectivity index (χ4v) is 3.18. The number of likely N-dealkylation sites (tertiary alicyclic amines) is 1. The number of rotatable bonds is 1. The van der Waals surface area contributed by atoms with Gasteiger partial charge in [-0.25, -0.2) is 4.79 Å². The summed E-state index contributed by atoms with van der Waals surface area (Å²) in [7, 11) is 0. The summed E-state index contributed by atoms with van der Waals surface area (Å²) in [6.07, 6.45) is 1.24. The SMILES string of the molecule is O=C1NC(=O)C2(CCCN(C(=O)c3ccc(I)cc3)C2)N1. The molecule has 3 rings (SSSR count). The Morgan fingerprint density at radius 1 is 1.24 bits per heavy atom. The van der Waals surface area contributed by atoms with Gasteiger partial charge in [-0.2, -0.15) is 0 Å². The number of nitrogens with one attached hydrogen (secondary N) is 2. The topological polar surface area (TPSA) is 78.5 Å². The lowest BCUT2D eigenvalue weighted by Crippen LogP contribution is -2.59. The summed E-state index contributed by atoms with van der Waals surface area (Å²) >= 11 is 2.18. The second-order valence-electron chi connectivity index (χ2n) is 5.33. The molecule has 1 unspecified atom stereocenters. The molecule has 2 saturated heterocycles. The number of carbonyl (C=O) groups is 3. The molecule has 1 aromatic rings. The predicted molar refractivity (Wildman–Crippen MR) is 83.7 cm³/mol. The van der Waals surface area contributed by atoms with Gasteiger partial charge in [0.05, 0.1) is 6.54 Å². The zero-order chi connectivity index (χ0) is 15.0. The first-order valence-corrected chi connectivity index (χ1v) is 7.76. The molecule has 1 aromatic carbocycles. The number of carbonyl (C=O) groups excluding carboxylic acids is 3. The molecule has 2 aliphatic heterocycles. The molecule has 21 heavy (non-hydrogen) atoms. The number of halogens is 1. The lowest BCUT2D eigenvalue weighted by molar-refractivity contribution is -0.125. The maximum Gasteiger partial charge on any atom is 0.322 e. The van der Waals surface area contributed by atoms with E-state index in [4.69, 9.17) is 0 Å². The standard InChI is InChI=1S/C14H14IN3O3/c15-10-4-2-9(3-5-10)11(19)18-7-1-6-14(8-18)12(20)16-13(21)17-14/h2-5H,1,6-8H2,(H2,16,17,20,21). The zero-order valence-electron chi connectivity index (χ0n) is 11.2. The van der Waals surface area contributed by atoms with Crippen molar-refractivity contribution >= 4 is 40.4 Å². The molecule has 0 aliphatic carbocycles. The first kappa shape index (κ1) is 14.3. The summed E-state index contributed by atoms with van der Waals surface area (Å²) in [5.74, 6) is -0.452. The van der Waals surface area contributed by atoms with Crippen molar-refractivity contribution in [3.05, 3.63) is 33.4 Å². The Morgan fingerprint density at radius 2 is 1.95 bits per heavy atom. The van der Waals surface area contributed by atoms with Crippen LogP contribution in [0.4, 0.5) is 4.79 Å². The lowest BCUT2D eigenvalue weighted by atomic mass is 9.89. The van der Waals surface area contributed by atoms with Crippen LogP contribution in [0.15, 0.2) is 24.3 Å². The number of nitrogens with zero attached hydrogens (tertiary/aromatic N) is 1. The van der Waals surface area contributed by atoms with Crippen molar-refractivity contribution < 1.29 is 14.4 Å². The number of amides is 4. The second kappa shape index (κ2) is 5.28. The van der Waals surface area contributed by atoms with Crippen LogP contribution in [0.2, 0.25) is 0 Å². The molecule has 2 N–H and O–H groups in total. The molecule has 7 heteroatoms. The molecule has 6 nitrogen and oxygen atoms in total. The average Bonchev–Trinajstić information content (AvgIpc) is 2.73. The van der Waals surface area contributed by atoms with E-state index in [1.807, 2.05) is 12.1 Å². The number of benzene rings is 1. The largest absolute Gasteiger partial charge is 0.336 e. The second-order valence-corrected chi connectivity index (χ2v) is 6.57. The molecule has 2 aliphatic rings. The third kappa shape index (κ3) is 2.61. The Bertz CT molecular complexity index is 616. The van der Waals surface area contributed by atoms with Crippen LogP contribution in [0.3, 0.4) is 0 Å². The third-order valence-corrected chi connectivity index (χ3v) is 4.60. The van der Waals surface area contributed by atoms with Crippen LogP contribution in [-0.4, -0.2) is 41.4 Å². The van der Waals surface area contributed by atoms with Gasteiger partial charge in [0.15, 0.2) is 0 Å². The van der Waals surface area contributed by atoms with Crippen LogP contribution < -0.4 is 10.6 Å². The van der Waals surface area contributed by atoms with E-state index in [1.54, 1.807) is 17.0 Å². The molecule has 2 heterocycles. The minimum absolute atomic E-state index is 0.112. The van der Waals surface area contributed by atoms with E-state index in [-0.39, 0.29) is 18.4 Å². The number of hydrogen-bond acceptors (Lipinski definition) is 3. The number of imide groups is 1. The van der Waals surface area contributed by atoms with Gasteiger partial charge in [-0.15, -0.1) is 0 Å². The van der Waals surface area contributed by atoms with Crippen LogP contribution in [-0.2, 0) is 4.79 Å². The number of piperidine rings is 1. The lowest BCUT2D eigenvalue weighted by Gasteiger charge is -2.38. The van der Waals surface area contributed by atoms with Crippen molar-refractivity contribution in [2.75, 3.05) is 13.1 Å². The van der Waals surface area contributed by atoms with Gasteiger partial charge in [0.1, 0.15) is 5.54 Å². The first-order valence-electron chi connectivity index (χ1n) is 6.69. The van der Waals surface area contributed by atoms with Crippen molar-refractivity contribution in [2.45, 2.75) is 18.4 Å². The Labute approximate surface area is 135 Å². The van der Waals surface area contributed by atoms with Gasteiger partial charge in [-0.3, -0.25) is 14.9 Å². The highest BCUT2D eigenvalue weighted by molar-refractivity contribution is 14.1. The summed E-state index contributed by atoms with van der Waals surface area (Å²) in [6, 6.07) is 6.82. The van der Waals surface area contributed by atoms with Crippen molar-refractivity contribution in [1.82, 2.24) is 15.5 Å². The minimum Gasteiger partial charge on any atom is -0.336 e. The zero-order valence-corrected chi connectivity index (χ0v) is 13.3. The van der Waals surface area contributed by atoms with Gasteiger partial charge in [0, 0.05) is 15.7 Å². The molecule has 0 radical (unpaired) electrons. The van der Waals surface area contributed by atoms with E-state index in [1.165, 1.54) is 0 Å². The molecular formula is C14H14IN3O3. The smallest absolute Gasteiger partial charge is 0.322 e. The molecule has 2 fully saturated rings. The summed E-state index contributed by atoms with van der Waals surface area (Å²) in [6.45, 7) is 0.811. The summed E-state index contributed by atoms with van der Waals surface area (Å²) in [4.78, 5) is 37.5. The Kier molecular flexibility index (Phi) is 3.60. The van der Waals surface area contributed by atoms with Crippen molar-refractivity contribution in [3.63, 3.8) is 0 Å². The fourth-order valence-electron chi connectivity index (χ4n) is 2.82. The van der Waals surface area contributed by atoms with E-state index >= 15 is 0 Å². The Balaban J connectivity index is 1.80. The van der Waals surface area contributed by atoms with Gasteiger partial charge in [-0.1, -0.05) is 0 Å². The number of hydrogen-bond donors (Lipinski definition) is 2. The van der Waals surface area contributed by atoms with Crippen molar-refractivity contribution in [1.29, 1.82) is 0 Å². The summed E-state index contributed by atoms with van der Waals surface area (Å²) < 4.78 is 1.06. The molecular weight excluding hydrogens is 385 g/mol. The maximum atomic E-state index is 12.5. The third-order valence-electron chi connectivity index (χ3n) is 3.89. The molecule has 1 spiro atoms. The quantitative estimate of drug-likeness (QED) is 0.549. The highest BCUT2D eigenvalue weighted by Crippen LogP contribution is 2.25. The van der Waals surface area contributed by atoms with Crippen LogP contribution >= 0.6 is 22.6 Å². The average molecular weight is 399 g/mol. The van der Waals surface area contributed by atoms with Crippen LogP contribution in [0.1, 0.15) is 23.2 Å². The molecule has 4 amide bonds. The predicted octanol–water partition coefficient (Wildman–Crippen LogP) is 1.11. The van der Waals surface area contributed by atoms with Gasteiger partial charge in [0.25, 0.3) is 11.8 Å².